The SMILES string of the molecule is CC1CCN(C(=O)c2cccc(NCC(=O)NC3CCCCC3)c2)CC1. The van der Waals surface area contributed by atoms with Gasteiger partial charge in [0, 0.05) is 30.4 Å². The van der Waals surface area contributed by atoms with Gasteiger partial charge in [0.05, 0.1) is 6.54 Å². The maximum Gasteiger partial charge on any atom is 0.253 e. The molecule has 0 aromatic heterocycles. The van der Waals surface area contributed by atoms with Crippen molar-refractivity contribution in [2.24, 2.45) is 5.92 Å². The average molecular weight is 357 g/mol. The van der Waals surface area contributed by atoms with Gasteiger partial charge < -0.3 is 15.5 Å². The Morgan fingerprint density at radius 3 is 2.54 bits per heavy atom. The lowest BCUT2D eigenvalue weighted by Gasteiger charge is -2.30. The molecule has 3 rings (SSSR count). The molecule has 142 valence electrons. The topological polar surface area (TPSA) is 61.4 Å². The largest absolute Gasteiger partial charge is 0.376 e. The number of likely N-dealkylation sites (tertiary alicyclic amines) is 1. The van der Waals surface area contributed by atoms with E-state index in [-0.39, 0.29) is 18.4 Å². The summed E-state index contributed by atoms with van der Waals surface area (Å²) >= 11 is 0. The fourth-order valence-corrected chi connectivity index (χ4v) is 3.86. The lowest BCUT2D eigenvalue weighted by molar-refractivity contribution is -0.120. The van der Waals surface area contributed by atoms with Crippen LogP contribution in [0.5, 0.6) is 0 Å². The molecular formula is C21H31N3O2. The number of piperidine rings is 1. The van der Waals surface area contributed by atoms with Crippen LogP contribution in [0.3, 0.4) is 0 Å². The Morgan fingerprint density at radius 2 is 1.81 bits per heavy atom. The van der Waals surface area contributed by atoms with Crippen LogP contribution in [0.15, 0.2) is 24.3 Å². The Kier molecular flexibility index (Phi) is 6.53. The monoisotopic (exact) mass is 357 g/mol. The van der Waals surface area contributed by atoms with E-state index in [0.717, 1.165) is 44.5 Å². The summed E-state index contributed by atoms with van der Waals surface area (Å²) in [6, 6.07) is 7.82. The zero-order chi connectivity index (χ0) is 18.4. The Morgan fingerprint density at radius 1 is 1.08 bits per heavy atom. The predicted molar refractivity (Wildman–Crippen MR) is 104 cm³/mol. The first-order valence-corrected chi connectivity index (χ1v) is 10.0. The number of hydrogen-bond acceptors (Lipinski definition) is 3. The summed E-state index contributed by atoms with van der Waals surface area (Å²) in [6.45, 7) is 4.16. The third kappa shape index (κ3) is 5.23. The number of carbonyl (C=O) groups is 2. The first-order valence-electron chi connectivity index (χ1n) is 10.0. The van der Waals surface area contributed by atoms with Gasteiger partial charge >= 0.3 is 0 Å². The minimum atomic E-state index is 0.0265. The maximum atomic E-state index is 12.7. The summed E-state index contributed by atoms with van der Waals surface area (Å²) in [5.41, 5.74) is 1.51. The second-order valence-corrected chi connectivity index (χ2v) is 7.81. The van der Waals surface area contributed by atoms with E-state index in [1.165, 1.54) is 19.3 Å². The van der Waals surface area contributed by atoms with Crippen LogP contribution < -0.4 is 10.6 Å². The van der Waals surface area contributed by atoms with Crippen LogP contribution in [0.1, 0.15) is 62.2 Å². The predicted octanol–water partition coefficient (Wildman–Crippen LogP) is 3.42. The molecule has 0 spiro atoms. The highest BCUT2D eigenvalue weighted by Crippen LogP contribution is 2.20. The molecule has 2 N–H and O–H groups in total. The van der Waals surface area contributed by atoms with Gasteiger partial charge in [-0.05, 0) is 49.8 Å². The number of nitrogens with one attached hydrogen (secondary N) is 2. The van der Waals surface area contributed by atoms with Gasteiger partial charge in [-0.15, -0.1) is 0 Å². The molecule has 1 aliphatic carbocycles. The van der Waals surface area contributed by atoms with Gasteiger partial charge in [0.2, 0.25) is 5.91 Å². The number of benzene rings is 1. The van der Waals surface area contributed by atoms with Crippen LogP contribution in [0.25, 0.3) is 0 Å². The van der Waals surface area contributed by atoms with Gasteiger partial charge in [-0.25, -0.2) is 0 Å². The van der Waals surface area contributed by atoms with Gasteiger partial charge in [-0.3, -0.25) is 9.59 Å². The summed E-state index contributed by atoms with van der Waals surface area (Å²) in [7, 11) is 0. The van der Waals surface area contributed by atoms with Crippen molar-refractivity contribution in [3.63, 3.8) is 0 Å². The Hall–Kier alpha value is -2.04. The van der Waals surface area contributed by atoms with Crippen molar-refractivity contribution in [2.75, 3.05) is 25.0 Å². The quantitative estimate of drug-likeness (QED) is 0.849. The van der Waals surface area contributed by atoms with Gasteiger partial charge in [-0.2, -0.15) is 0 Å². The third-order valence-corrected chi connectivity index (χ3v) is 5.60. The summed E-state index contributed by atoms with van der Waals surface area (Å²) in [5, 5.41) is 6.26. The lowest BCUT2D eigenvalue weighted by atomic mass is 9.95. The number of rotatable bonds is 5. The molecule has 1 aromatic carbocycles. The fraction of sp³-hybridized carbons (Fsp3) is 0.619. The van der Waals surface area contributed by atoms with E-state index in [1.54, 1.807) is 0 Å². The minimum Gasteiger partial charge on any atom is -0.376 e. The number of hydrogen-bond donors (Lipinski definition) is 2. The summed E-state index contributed by atoms with van der Waals surface area (Å²) in [5.74, 6) is 0.820. The van der Waals surface area contributed by atoms with Crippen molar-refractivity contribution in [2.45, 2.75) is 57.9 Å². The van der Waals surface area contributed by atoms with Gasteiger partial charge in [0.15, 0.2) is 0 Å². The molecule has 0 radical (unpaired) electrons. The molecule has 1 saturated carbocycles. The summed E-state index contributed by atoms with van der Waals surface area (Å²) in [4.78, 5) is 26.8. The van der Waals surface area contributed by atoms with E-state index in [4.69, 9.17) is 0 Å². The average Bonchev–Trinajstić information content (AvgIpc) is 2.67. The molecule has 1 aliphatic heterocycles. The minimum absolute atomic E-state index is 0.0265. The second-order valence-electron chi connectivity index (χ2n) is 7.81. The number of anilines is 1. The number of nitrogens with zero attached hydrogens (tertiary/aromatic N) is 1. The highest BCUT2D eigenvalue weighted by molar-refractivity contribution is 5.95. The molecule has 2 fully saturated rings. The van der Waals surface area contributed by atoms with Gasteiger partial charge in [-0.1, -0.05) is 32.3 Å². The molecule has 1 aromatic rings. The molecule has 1 heterocycles. The van der Waals surface area contributed by atoms with Crippen LogP contribution in [0.4, 0.5) is 5.69 Å². The van der Waals surface area contributed by atoms with Crippen LogP contribution in [0.2, 0.25) is 0 Å². The molecule has 26 heavy (non-hydrogen) atoms. The van der Waals surface area contributed by atoms with Crippen molar-refractivity contribution in [1.29, 1.82) is 0 Å². The molecule has 1 saturated heterocycles. The molecule has 2 amide bonds. The zero-order valence-corrected chi connectivity index (χ0v) is 15.8. The summed E-state index contributed by atoms with van der Waals surface area (Å²) < 4.78 is 0. The van der Waals surface area contributed by atoms with Crippen LogP contribution >= 0.6 is 0 Å². The first-order chi connectivity index (χ1) is 12.6. The first kappa shape index (κ1) is 18.7. The number of carbonyl (C=O) groups excluding carboxylic acids is 2. The molecule has 0 atom stereocenters. The van der Waals surface area contributed by atoms with Crippen molar-refractivity contribution in [3.05, 3.63) is 29.8 Å². The normalized spacial score (nSPS) is 19.2. The van der Waals surface area contributed by atoms with Gasteiger partial charge in [0.1, 0.15) is 0 Å². The number of amides is 2. The molecule has 0 bridgehead atoms. The van der Waals surface area contributed by atoms with Crippen molar-refractivity contribution >= 4 is 17.5 Å². The van der Waals surface area contributed by atoms with Crippen LogP contribution in [-0.4, -0.2) is 42.4 Å². The standard InChI is InChI=1S/C21H31N3O2/c1-16-10-12-24(13-11-16)21(26)17-6-5-9-19(14-17)22-15-20(25)23-18-7-3-2-4-8-18/h5-6,9,14,16,18,22H,2-4,7-8,10-13,15H2,1H3,(H,23,25). The second kappa shape index (κ2) is 9.06. The van der Waals surface area contributed by atoms with E-state index in [0.29, 0.717) is 17.5 Å². The Labute approximate surface area is 156 Å². The fourth-order valence-electron chi connectivity index (χ4n) is 3.86. The summed E-state index contributed by atoms with van der Waals surface area (Å²) in [6.07, 6.45) is 8.02. The maximum absolute atomic E-state index is 12.7. The van der Waals surface area contributed by atoms with Crippen LogP contribution in [0, 0.1) is 5.92 Å². The van der Waals surface area contributed by atoms with E-state index in [2.05, 4.69) is 17.6 Å². The van der Waals surface area contributed by atoms with E-state index >= 15 is 0 Å². The highest BCUT2D eigenvalue weighted by Gasteiger charge is 2.21. The van der Waals surface area contributed by atoms with Crippen LogP contribution in [-0.2, 0) is 4.79 Å². The lowest BCUT2D eigenvalue weighted by Crippen LogP contribution is -2.39. The van der Waals surface area contributed by atoms with E-state index < -0.39 is 0 Å². The molecule has 5 heteroatoms. The zero-order valence-electron chi connectivity index (χ0n) is 15.8. The Balaban J connectivity index is 1.50. The van der Waals surface area contributed by atoms with Crippen molar-refractivity contribution < 1.29 is 9.59 Å². The van der Waals surface area contributed by atoms with E-state index in [9.17, 15) is 9.59 Å². The molecule has 0 unspecified atom stereocenters. The molecular weight excluding hydrogens is 326 g/mol. The molecule has 5 nitrogen and oxygen atoms in total. The van der Waals surface area contributed by atoms with Gasteiger partial charge in [0.25, 0.3) is 5.91 Å². The van der Waals surface area contributed by atoms with E-state index in [1.807, 2.05) is 29.2 Å². The Bertz CT molecular complexity index is 617. The smallest absolute Gasteiger partial charge is 0.253 e. The van der Waals surface area contributed by atoms with Crippen molar-refractivity contribution in [3.8, 4) is 0 Å². The third-order valence-electron chi connectivity index (χ3n) is 5.60. The molecule has 2 aliphatic rings. The van der Waals surface area contributed by atoms with Crippen molar-refractivity contribution in [1.82, 2.24) is 10.2 Å². The highest BCUT2D eigenvalue weighted by atomic mass is 16.2.